The van der Waals surface area contributed by atoms with E-state index in [4.69, 9.17) is 14.8 Å². The van der Waals surface area contributed by atoms with E-state index in [-0.39, 0.29) is 18.8 Å². The Morgan fingerprint density at radius 2 is 1.94 bits per heavy atom. The van der Waals surface area contributed by atoms with Crippen molar-refractivity contribution in [2.45, 2.75) is 13.5 Å². The number of halogens is 1. The molecule has 31 heavy (non-hydrogen) atoms. The van der Waals surface area contributed by atoms with Crippen molar-refractivity contribution in [1.82, 2.24) is 19.5 Å². The quantitative estimate of drug-likeness (QED) is 0.425. The lowest BCUT2D eigenvalue weighted by molar-refractivity contribution is 0.201. The van der Waals surface area contributed by atoms with Crippen molar-refractivity contribution in [2.24, 2.45) is 0 Å². The summed E-state index contributed by atoms with van der Waals surface area (Å²) in [4.78, 5) is 13.7. The highest BCUT2D eigenvalue weighted by molar-refractivity contribution is 7.18. The van der Waals surface area contributed by atoms with Crippen LogP contribution in [0.5, 0.6) is 5.75 Å². The first-order chi connectivity index (χ1) is 15.1. The lowest BCUT2D eigenvalue weighted by Gasteiger charge is -2.06. The zero-order valence-corrected chi connectivity index (χ0v) is 17.6. The first kappa shape index (κ1) is 19.6. The summed E-state index contributed by atoms with van der Waals surface area (Å²) in [6.07, 6.45) is 3.82. The highest BCUT2D eigenvalue weighted by atomic mass is 32.1. The highest BCUT2D eigenvalue weighted by Gasteiger charge is 2.17. The maximum absolute atomic E-state index is 14.4. The summed E-state index contributed by atoms with van der Waals surface area (Å²) in [5, 5.41) is 9.92. The Morgan fingerprint density at radius 3 is 2.81 bits per heavy atom. The minimum absolute atomic E-state index is 0.113. The van der Waals surface area contributed by atoms with Crippen molar-refractivity contribution in [1.29, 1.82) is 0 Å². The summed E-state index contributed by atoms with van der Waals surface area (Å²) in [7, 11) is 0. The van der Waals surface area contributed by atoms with Crippen LogP contribution < -0.4 is 4.74 Å². The van der Waals surface area contributed by atoms with E-state index in [0.717, 1.165) is 10.5 Å². The molecule has 0 saturated carbocycles. The molecule has 0 atom stereocenters. The van der Waals surface area contributed by atoms with Gasteiger partial charge in [-0.2, -0.15) is 0 Å². The van der Waals surface area contributed by atoms with E-state index >= 15 is 0 Å². The largest absolute Gasteiger partial charge is 0.491 e. The summed E-state index contributed by atoms with van der Waals surface area (Å²) < 4.78 is 23.0. The fraction of sp³-hybridized carbons (Fsp3) is 0.174. The molecule has 0 spiro atoms. The third-order valence-electron chi connectivity index (χ3n) is 4.87. The van der Waals surface area contributed by atoms with Crippen LogP contribution in [0.1, 0.15) is 10.6 Å². The molecule has 2 aliphatic heterocycles. The van der Waals surface area contributed by atoms with Gasteiger partial charge in [-0.15, -0.1) is 11.3 Å². The molecule has 6 nitrogen and oxygen atoms in total. The molecule has 0 unspecified atom stereocenters. The number of pyridine rings is 1. The maximum Gasteiger partial charge on any atom is 0.163 e. The lowest BCUT2D eigenvalue weighted by atomic mass is 10.2. The van der Waals surface area contributed by atoms with Gasteiger partial charge in [0.25, 0.3) is 0 Å². The third-order valence-corrected chi connectivity index (χ3v) is 5.87. The fourth-order valence-electron chi connectivity index (χ4n) is 3.40. The van der Waals surface area contributed by atoms with Crippen LogP contribution in [0.15, 0.2) is 54.9 Å². The summed E-state index contributed by atoms with van der Waals surface area (Å²) >= 11 is 1.67. The molecule has 5 rings (SSSR count). The molecule has 3 aromatic rings. The fourth-order valence-corrected chi connectivity index (χ4v) is 4.48. The Labute approximate surface area is 182 Å². The Kier molecular flexibility index (Phi) is 5.09. The van der Waals surface area contributed by atoms with Gasteiger partial charge >= 0.3 is 0 Å². The molecule has 0 bridgehead atoms. The molecule has 156 valence electrons. The van der Waals surface area contributed by atoms with Gasteiger partial charge in [-0.25, -0.2) is 19.3 Å². The van der Waals surface area contributed by atoms with Gasteiger partial charge in [-0.1, -0.05) is 6.07 Å². The predicted octanol–water partition coefficient (Wildman–Crippen LogP) is 4.53. The van der Waals surface area contributed by atoms with Gasteiger partial charge in [0.2, 0.25) is 0 Å². The zero-order chi connectivity index (χ0) is 21.4. The van der Waals surface area contributed by atoms with Crippen molar-refractivity contribution in [3.63, 3.8) is 0 Å². The van der Waals surface area contributed by atoms with E-state index in [1.807, 2.05) is 29.1 Å². The van der Waals surface area contributed by atoms with Crippen molar-refractivity contribution in [3.8, 4) is 28.5 Å². The van der Waals surface area contributed by atoms with Crippen molar-refractivity contribution in [3.05, 3.63) is 71.2 Å². The Morgan fingerprint density at radius 1 is 1.06 bits per heavy atom. The summed E-state index contributed by atoms with van der Waals surface area (Å²) in [5.74, 6) is 0.333. The van der Waals surface area contributed by atoms with E-state index in [1.54, 1.807) is 17.4 Å². The minimum Gasteiger partial charge on any atom is -0.491 e. The number of benzene rings is 2. The number of aliphatic hydroxyl groups excluding tert-OH is 1. The number of ether oxygens (including phenoxy) is 1. The van der Waals surface area contributed by atoms with Crippen LogP contribution in [-0.2, 0) is 6.54 Å². The van der Waals surface area contributed by atoms with Crippen molar-refractivity contribution >= 4 is 21.6 Å². The summed E-state index contributed by atoms with van der Waals surface area (Å²) in [5.41, 5.74) is 3.85. The highest BCUT2D eigenvalue weighted by Crippen LogP contribution is 2.30. The van der Waals surface area contributed by atoms with Gasteiger partial charge < -0.3 is 14.4 Å². The summed E-state index contributed by atoms with van der Waals surface area (Å²) in [6.45, 7) is 2.72. The van der Waals surface area contributed by atoms with Gasteiger partial charge in [0, 0.05) is 12.4 Å². The van der Waals surface area contributed by atoms with E-state index in [9.17, 15) is 4.39 Å². The second-order valence-electron chi connectivity index (χ2n) is 7.23. The van der Waals surface area contributed by atoms with E-state index in [2.05, 4.69) is 29.0 Å². The number of imidazole rings is 1. The predicted molar refractivity (Wildman–Crippen MR) is 118 cm³/mol. The normalized spacial score (nSPS) is 11.5. The lowest BCUT2D eigenvalue weighted by Crippen LogP contribution is -2.02. The van der Waals surface area contributed by atoms with Crippen LogP contribution in [0.4, 0.5) is 4.39 Å². The Balaban J connectivity index is 1.44. The first-order valence-electron chi connectivity index (χ1n) is 9.82. The average molecular weight is 434 g/mol. The first-order valence-corrected chi connectivity index (χ1v) is 10.6. The topological polar surface area (TPSA) is 73.1 Å². The average Bonchev–Trinajstić information content (AvgIpc) is 3.35. The molecule has 0 fully saturated rings. The van der Waals surface area contributed by atoms with Gasteiger partial charge in [0.15, 0.2) is 5.82 Å². The van der Waals surface area contributed by atoms with Crippen LogP contribution >= 0.6 is 11.3 Å². The zero-order valence-electron chi connectivity index (χ0n) is 16.7. The number of aryl methyl sites for hydroxylation is 1. The van der Waals surface area contributed by atoms with Crippen LogP contribution in [-0.4, -0.2) is 37.8 Å². The number of nitrogens with zero attached hydrogens (tertiary/aromatic N) is 4. The molecule has 0 radical (unpaired) electrons. The van der Waals surface area contributed by atoms with Gasteiger partial charge in [-0.3, -0.25) is 0 Å². The SMILES string of the molecule is Cc1ccc2nc(Cn3ccc4nc(-c5cc(OCCO)ccc5F)nc-4c3)sc2c1. The Hall–Kier alpha value is -3.36. The van der Waals surface area contributed by atoms with Crippen LogP contribution in [0.3, 0.4) is 0 Å². The van der Waals surface area contributed by atoms with Crippen LogP contribution in [0.25, 0.3) is 33.0 Å². The molecule has 2 aromatic carbocycles. The maximum atomic E-state index is 14.4. The molecule has 0 aliphatic carbocycles. The number of thiazole rings is 1. The van der Waals surface area contributed by atoms with Gasteiger partial charge in [-0.05, 0) is 48.9 Å². The van der Waals surface area contributed by atoms with E-state index < -0.39 is 5.82 Å². The van der Waals surface area contributed by atoms with Gasteiger partial charge in [0.1, 0.15) is 28.9 Å². The molecule has 1 aromatic heterocycles. The van der Waals surface area contributed by atoms with Crippen molar-refractivity contribution < 1.29 is 14.2 Å². The number of aliphatic hydroxyl groups is 1. The number of aromatic nitrogens is 4. The molecule has 8 heteroatoms. The van der Waals surface area contributed by atoms with E-state index in [0.29, 0.717) is 29.5 Å². The standard InChI is InChI=1S/C23H19FN4O2S/c1-14-2-5-19-21(10-14)31-22(25-19)13-28-7-6-18-20(12-28)27-23(26-18)16-11-15(30-9-8-29)3-4-17(16)24/h2-7,10-12,29H,8-9,13H2,1H3. The van der Waals surface area contributed by atoms with Gasteiger partial charge in [0.05, 0.1) is 34.6 Å². The number of hydrogen-bond acceptors (Lipinski definition) is 6. The number of fused-ring (bicyclic) bond motifs is 2. The smallest absolute Gasteiger partial charge is 0.163 e. The molecular weight excluding hydrogens is 415 g/mol. The number of rotatable bonds is 6. The molecular formula is C23H19FN4O2S. The van der Waals surface area contributed by atoms with Crippen molar-refractivity contribution in [2.75, 3.05) is 13.2 Å². The monoisotopic (exact) mass is 434 g/mol. The second kappa shape index (κ2) is 8.05. The molecule has 0 amide bonds. The molecule has 0 saturated heterocycles. The van der Waals surface area contributed by atoms with E-state index in [1.165, 1.54) is 22.4 Å². The van der Waals surface area contributed by atoms with Crippen LogP contribution in [0, 0.1) is 12.7 Å². The van der Waals surface area contributed by atoms with Crippen LogP contribution in [0.2, 0.25) is 0 Å². The Bertz CT molecular complexity index is 1350. The summed E-state index contributed by atoms with van der Waals surface area (Å²) in [6, 6.07) is 12.5. The molecule has 2 aliphatic rings. The molecule has 3 heterocycles. The molecule has 1 N–H and O–H groups in total. The minimum atomic E-state index is -0.427. The number of hydrogen-bond donors (Lipinski definition) is 1. The second-order valence-corrected chi connectivity index (χ2v) is 8.34. The third kappa shape index (κ3) is 3.99.